The number of nitrogens with one attached hydrogen (secondary N) is 1. The first-order valence-corrected chi connectivity index (χ1v) is 13.6. The number of hydrogen-bond acceptors (Lipinski definition) is 8. The number of benzene rings is 1. The zero-order chi connectivity index (χ0) is 30.3. The van der Waals surface area contributed by atoms with E-state index in [2.05, 4.69) is 20.3 Å². The fourth-order valence-corrected chi connectivity index (χ4v) is 4.42. The number of nitrogens with zero attached hydrogens (tertiary/aromatic N) is 5. The summed E-state index contributed by atoms with van der Waals surface area (Å²) in [6.45, 7) is 5.87. The Morgan fingerprint density at radius 3 is 2.24 bits per heavy atom. The van der Waals surface area contributed by atoms with Gasteiger partial charge in [0.05, 0.1) is 5.69 Å². The van der Waals surface area contributed by atoms with E-state index in [9.17, 15) is 24.3 Å². The molecule has 1 fully saturated rings. The predicted molar refractivity (Wildman–Crippen MR) is 153 cm³/mol. The van der Waals surface area contributed by atoms with Gasteiger partial charge in [0.1, 0.15) is 17.3 Å². The molecule has 12 nitrogen and oxygen atoms in total. The summed E-state index contributed by atoms with van der Waals surface area (Å²) in [5.41, 5.74) is 1.19. The van der Waals surface area contributed by atoms with Crippen LogP contribution in [0.1, 0.15) is 44.1 Å². The first-order chi connectivity index (χ1) is 20.0. The van der Waals surface area contributed by atoms with Crippen molar-refractivity contribution in [2.75, 3.05) is 26.2 Å². The predicted octanol–water partition coefficient (Wildman–Crippen LogP) is 3.25. The monoisotopic (exact) mass is 574 g/mol. The second kappa shape index (κ2) is 13.2. The molecule has 0 spiro atoms. The highest BCUT2D eigenvalue weighted by Gasteiger charge is 2.31. The lowest BCUT2D eigenvalue weighted by Crippen LogP contribution is -2.55. The van der Waals surface area contributed by atoms with E-state index in [-0.39, 0.29) is 44.7 Å². The summed E-state index contributed by atoms with van der Waals surface area (Å²) in [5, 5.41) is 12.0. The molecule has 0 bridgehead atoms. The molecule has 3 amide bonds. The molecule has 1 unspecified atom stereocenters. The van der Waals surface area contributed by atoms with Gasteiger partial charge in [0.25, 0.3) is 5.91 Å². The lowest BCUT2D eigenvalue weighted by atomic mass is 10.1. The fraction of sp³-hybridized carbons (Fsp3) is 0.367. The Kier molecular flexibility index (Phi) is 9.46. The average Bonchev–Trinajstić information content (AvgIpc) is 2.98. The van der Waals surface area contributed by atoms with Gasteiger partial charge in [0, 0.05) is 56.1 Å². The largest absolute Gasteiger partial charge is 0.465 e. The van der Waals surface area contributed by atoms with E-state index >= 15 is 0 Å². The summed E-state index contributed by atoms with van der Waals surface area (Å²) in [4.78, 5) is 67.0. The van der Waals surface area contributed by atoms with Crippen molar-refractivity contribution in [3.05, 3.63) is 66.6 Å². The molecule has 0 radical (unpaired) electrons. The van der Waals surface area contributed by atoms with Crippen LogP contribution < -0.4 is 5.32 Å². The van der Waals surface area contributed by atoms with Gasteiger partial charge in [-0.3, -0.25) is 19.4 Å². The van der Waals surface area contributed by atoms with E-state index in [0.717, 1.165) is 0 Å². The van der Waals surface area contributed by atoms with E-state index in [1.807, 2.05) is 36.4 Å². The minimum atomic E-state index is -1.07. The van der Waals surface area contributed by atoms with Crippen molar-refractivity contribution >= 4 is 23.9 Å². The number of piperazine rings is 1. The van der Waals surface area contributed by atoms with Crippen molar-refractivity contribution in [3.63, 3.8) is 0 Å². The number of esters is 1. The molecule has 12 heteroatoms. The van der Waals surface area contributed by atoms with E-state index < -0.39 is 35.5 Å². The number of pyridine rings is 1. The first kappa shape index (κ1) is 30.1. The SMILES string of the molecule is CC(C)(C)OC(=O)CCC(NC(=O)c1cc(-c2cccnc2)nc(-c2ccccc2)n1)C(=O)N1CCN(C(=O)O)CC1. The van der Waals surface area contributed by atoms with Gasteiger partial charge in [-0.05, 0) is 45.4 Å². The van der Waals surface area contributed by atoms with Crippen molar-refractivity contribution in [2.45, 2.75) is 45.3 Å². The Morgan fingerprint density at radius 1 is 0.952 bits per heavy atom. The van der Waals surface area contributed by atoms with Crippen LogP contribution in [0.25, 0.3) is 22.6 Å². The van der Waals surface area contributed by atoms with Crippen LogP contribution in [0.3, 0.4) is 0 Å². The standard InChI is InChI=1S/C30H34N6O6/c1-30(2,3)42-25(37)12-11-22(28(39)35-14-16-36(17-15-35)29(40)41)34-27(38)24-18-23(21-10-7-13-31-19-21)32-26(33-24)20-8-5-4-6-9-20/h4-10,13,18-19,22H,11-12,14-17H2,1-3H3,(H,34,38)(H,40,41). The van der Waals surface area contributed by atoms with Crippen LogP contribution in [0.5, 0.6) is 0 Å². The van der Waals surface area contributed by atoms with Crippen LogP contribution in [-0.2, 0) is 14.3 Å². The van der Waals surface area contributed by atoms with E-state index in [0.29, 0.717) is 22.6 Å². The van der Waals surface area contributed by atoms with E-state index in [1.54, 1.807) is 39.2 Å². The Labute approximate surface area is 243 Å². The van der Waals surface area contributed by atoms with Crippen LogP contribution in [0.2, 0.25) is 0 Å². The van der Waals surface area contributed by atoms with Crippen LogP contribution >= 0.6 is 0 Å². The third-order valence-electron chi connectivity index (χ3n) is 6.47. The summed E-state index contributed by atoms with van der Waals surface area (Å²) < 4.78 is 5.40. The molecule has 42 heavy (non-hydrogen) atoms. The van der Waals surface area contributed by atoms with E-state index in [4.69, 9.17) is 4.74 Å². The summed E-state index contributed by atoms with van der Waals surface area (Å²) >= 11 is 0. The van der Waals surface area contributed by atoms with Crippen molar-refractivity contribution in [1.29, 1.82) is 0 Å². The van der Waals surface area contributed by atoms with Crippen molar-refractivity contribution in [3.8, 4) is 22.6 Å². The molecule has 1 aliphatic heterocycles. The summed E-state index contributed by atoms with van der Waals surface area (Å²) in [6.07, 6.45) is 2.09. The van der Waals surface area contributed by atoms with Crippen molar-refractivity contribution in [1.82, 2.24) is 30.1 Å². The normalized spacial score (nSPS) is 14.2. The molecule has 0 aliphatic carbocycles. The zero-order valence-corrected chi connectivity index (χ0v) is 23.8. The zero-order valence-electron chi connectivity index (χ0n) is 23.8. The van der Waals surface area contributed by atoms with Gasteiger partial charge in [-0.15, -0.1) is 0 Å². The van der Waals surface area contributed by atoms with Crippen LogP contribution in [0, 0.1) is 0 Å². The number of aromatic nitrogens is 3. The highest BCUT2D eigenvalue weighted by Crippen LogP contribution is 2.22. The van der Waals surface area contributed by atoms with Gasteiger partial charge in [-0.25, -0.2) is 14.8 Å². The lowest BCUT2D eigenvalue weighted by molar-refractivity contribution is -0.155. The first-order valence-electron chi connectivity index (χ1n) is 13.6. The summed E-state index contributed by atoms with van der Waals surface area (Å²) in [7, 11) is 0. The van der Waals surface area contributed by atoms with Gasteiger partial charge in [-0.1, -0.05) is 30.3 Å². The molecule has 0 saturated carbocycles. The number of ether oxygens (including phenoxy) is 1. The molecular weight excluding hydrogens is 540 g/mol. The number of rotatable bonds is 8. The van der Waals surface area contributed by atoms with Gasteiger partial charge in [0.15, 0.2) is 5.82 Å². The Morgan fingerprint density at radius 2 is 1.62 bits per heavy atom. The molecule has 1 atom stereocenters. The molecule has 3 heterocycles. The van der Waals surface area contributed by atoms with Gasteiger partial charge < -0.3 is 25.0 Å². The van der Waals surface area contributed by atoms with Crippen molar-refractivity contribution in [2.24, 2.45) is 0 Å². The number of carbonyl (C=O) groups excluding carboxylic acids is 3. The van der Waals surface area contributed by atoms with Crippen LogP contribution in [0.15, 0.2) is 60.9 Å². The Balaban J connectivity index is 1.60. The maximum Gasteiger partial charge on any atom is 0.407 e. The van der Waals surface area contributed by atoms with Gasteiger partial charge in [0.2, 0.25) is 5.91 Å². The molecule has 220 valence electrons. The number of carbonyl (C=O) groups is 4. The smallest absolute Gasteiger partial charge is 0.407 e. The molecule has 2 N–H and O–H groups in total. The third kappa shape index (κ3) is 8.09. The molecule has 1 aromatic carbocycles. The summed E-state index contributed by atoms with van der Waals surface area (Å²) in [5.74, 6) is -1.21. The Bertz CT molecular complexity index is 1360. The minimum Gasteiger partial charge on any atom is -0.465 e. The minimum absolute atomic E-state index is 0.00921. The second-order valence-electron chi connectivity index (χ2n) is 10.8. The molecule has 4 rings (SSSR count). The highest BCUT2D eigenvalue weighted by molar-refractivity contribution is 5.97. The highest BCUT2D eigenvalue weighted by atomic mass is 16.6. The molecule has 3 aromatic rings. The second-order valence-corrected chi connectivity index (χ2v) is 10.8. The number of hydrogen-bond donors (Lipinski definition) is 2. The van der Waals surface area contributed by atoms with Crippen LogP contribution in [0.4, 0.5) is 4.79 Å². The molecular formula is C30H34N6O6. The van der Waals surface area contributed by atoms with Gasteiger partial charge in [-0.2, -0.15) is 0 Å². The maximum atomic E-state index is 13.6. The third-order valence-corrected chi connectivity index (χ3v) is 6.47. The summed E-state index contributed by atoms with van der Waals surface area (Å²) in [6, 6.07) is 13.2. The topological polar surface area (TPSA) is 155 Å². The molecule has 2 aromatic heterocycles. The lowest BCUT2D eigenvalue weighted by Gasteiger charge is -2.35. The van der Waals surface area contributed by atoms with Crippen molar-refractivity contribution < 1.29 is 29.0 Å². The molecule has 1 aliphatic rings. The number of amides is 3. The van der Waals surface area contributed by atoms with E-state index in [1.165, 1.54) is 15.9 Å². The molecule has 1 saturated heterocycles. The fourth-order valence-electron chi connectivity index (χ4n) is 4.42. The van der Waals surface area contributed by atoms with Crippen LogP contribution in [-0.4, -0.2) is 91.6 Å². The maximum absolute atomic E-state index is 13.6. The Hall–Kier alpha value is -4.87. The quantitative estimate of drug-likeness (QED) is 0.386. The van der Waals surface area contributed by atoms with Gasteiger partial charge >= 0.3 is 12.1 Å². The average molecular weight is 575 g/mol. The number of carboxylic acid groups (broad SMARTS) is 1.